The van der Waals surface area contributed by atoms with E-state index in [0.29, 0.717) is 5.78 Å². The summed E-state index contributed by atoms with van der Waals surface area (Å²) in [6.07, 6.45) is 13.1. The van der Waals surface area contributed by atoms with E-state index in [0.717, 1.165) is 70.6 Å². The molecule has 20 heavy (non-hydrogen) atoms. The molecule has 4 heteroatoms. The van der Waals surface area contributed by atoms with Crippen molar-refractivity contribution < 1.29 is 19.3 Å². The van der Waals surface area contributed by atoms with Crippen molar-refractivity contribution in [1.82, 2.24) is 0 Å². The molecular weight excluding hydrogens is 256 g/mol. The first kappa shape index (κ1) is 15.9. The van der Waals surface area contributed by atoms with Gasteiger partial charge >= 0.3 is 0 Å². The van der Waals surface area contributed by atoms with E-state index in [1.807, 2.05) is 0 Å². The van der Waals surface area contributed by atoms with E-state index >= 15 is 0 Å². The molecule has 2 rings (SSSR count). The summed E-state index contributed by atoms with van der Waals surface area (Å²) in [6.45, 7) is 0. The Kier molecular flexibility index (Phi) is 7.55. The third-order valence-corrected chi connectivity index (χ3v) is 4.11. The molecule has 0 amide bonds. The van der Waals surface area contributed by atoms with E-state index < -0.39 is 0 Å². The summed E-state index contributed by atoms with van der Waals surface area (Å²) >= 11 is 0. The van der Waals surface area contributed by atoms with Crippen LogP contribution in [0.1, 0.15) is 83.5 Å². The molecule has 2 aliphatic heterocycles. The van der Waals surface area contributed by atoms with E-state index in [1.54, 1.807) is 0 Å². The lowest BCUT2D eigenvalue weighted by atomic mass is 10.0. The van der Waals surface area contributed by atoms with Crippen LogP contribution in [0.4, 0.5) is 0 Å². The molecule has 0 aromatic heterocycles. The van der Waals surface area contributed by atoms with Crippen LogP contribution >= 0.6 is 0 Å². The lowest BCUT2D eigenvalue weighted by Crippen LogP contribution is -2.11. The Hall–Kier alpha value is -0.450. The Labute approximate surface area is 122 Å². The quantitative estimate of drug-likeness (QED) is 0.623. The molecule has 2 saturated heterocycles. The van der Waals surface area contributed by atoms with Gasteiger partial charge in [0.1, 0.15) is 5.78 Å². The summed E-state index contributed by atoms with van der Waals surface area (Å²) in [4.78, 5) is 22.1. The molecule has 2 aliphatic rings. The van der Waals surface area contributed by atoms with Crippen molar-refractivity contribution in [2.45, 2.75) is 96.1 Å². The molecule has 2 fully saturated rings. The molecule has 0 aromatic carbocycles. The van der Waals surface area contributed by atoms with Crippen LogP contribution in [0.3, 0.4) is 0 Å². The highest BCUT2D eigenvalue weighted by molar-refractivity contribution is 5.78. The lowest BCUT2D eigenvalue weighted by Gasteiger charge is -2.08. The fourth-order valence-corrected chi connectivity index (χ4v) is 2.85. The number of hydrogen-bond donors (Lipinski definition) is 0. The Morgan fingerprint density at radius 1 is 0.650 bits per heavy atom. The van der Waals surface area contributed by atoms with Crippen molar-refractivity contribution in [3.05, 3.63) is 0 Å². The maximum atomic E-state index is 11.7. The predicted molar refractivity (Wildman–Crippen MR) is 75.9 cm³/mol. The van der Waals surface area contributed by atoms with Crippen LogP contribution in [0, 0.1) is 0 Å². The van der Waals surface area contributed by atoms with Crippen molar-refractivity contribution in [3.8, 4) is 0 Å². The summed E-state index contributed by atoms with van der Waals surface area (Å²) < 4.78 is 5.71. The monoisotopic (exact) mass is 284 g/mol. The fourth-order valence-electron chi connectivity index (χ4n) is 2.85. The largest absolute Gasteiger partial charge is 0.318 e. The molecular formula is C16H28O4. The Balaban J connectivity index is 1.69. The molecule has 0 aliphatic carbocycles. The van der Waals surface area contributed by atoms with Gasteiger partial charge in [-0.3, -0.25) is 4.79 Å². The van der Waals surface area contributed by atoms with E-state index in [4.69, 9.17) is 14.5 Å². The summed E-state index contributed by atoms with van der Waals surface area (Å²) in [5, 5.41) is 0. The summed E-state index contributed by atoms with van der Waals surface area (Å²) in [6, 6.07) is 0. The zero-order valence-electron chi connectivity index (χ0n) is 12.5. The average Bonchev–Trinajstić information content (AvgIpc) is 2.89. The number of Topliss-reactive ketones (excluding diaryl/α,β-unsaturated/α-hetero) is 1. The second kappa shape index (κ2) is 9.48. The van der Waals surface area contributed by atoms with Crippen LogP contribution in [0.2, 0.25) is 0 Å². The van der Waals surface area contributed by atoms with Gasteiger partial charge in [0.2, 0.25) is 0 Å². The Bertz CT molecular complexity index is 280. The number of fused-ring (bicyclic) bond motifs is 2. The summed E-state index contributed by atoms with van der Waals surface area (Å²) in [5.41, 5.74) is 0. The van der Waals surface area contributed by atoms with Gasteiger partial charge in [-0.1, -0.05) is 32.1 Å². The van der Waals surface area contributed by atoms with Crippen molar-refractivity contribution in [2.24, 2.45) is 0 Å². The van der Waals surface area contributed by atoms with Gasteiger partial charge in [0, 0.05) is 25.7 Å². The summed E-state index contributed by atoms with van der Waals surface area (Å²) in [5.74, 6) is 0.452. The number of rotatable bonds is 0. The number of carbonyl (C=O) groups is 1. The van der Waals surface area contributed by atoms with Gasteiger partial charge in [0.05, 0.1) is 0 Å². The van der Waals surface area contributed by atoms with Crippen LogP contribution < -0.4 is 0 Å². The van der Waals surface area contributed by atoms with Crippen LogP contribution in [0.5, 0.6) is 0 Å². The highest BCUT2D eigenvalue weighted by Gasteiger charge is 2.26. The van der Waals surface area contributed by atoms with Gasteiger partial charge in [-0.15, -0.1) is 0 Å². The third-order valence-electron chi connectivity index (χ3n) is 4.11. The van der Waals surface area contributed by atoms with Gasteiger partial charge < -0.3 is 4.74 Å². The Morgan fingerprint density at radius 2 is 1.10 bits per heavy atom. The van der Waals surface area contributed by atoms with Gasteiger partial charge in [-0.2, -0.15) is 0 Å². The predicted octanol–water partition coefficient (Wildman–Crippen LogP) is 4.27. The average molecular weight is 284 g/mol. The number of ketones is 1. The van der Waals surface area contributed by atoms with E-state index in [1.165, 1.54) is 12.8 Å². The highest BCUT2D eigenvalue weighted by atomic mass is 17.3. The number of hydrogen-bond acceptors (Lipinski definition) is 4. The van der Waals surface area contributed by atoms with Crippen LogP contribution in [0.15, 0.2) is 0 Å². The maximum Gasteiger partial charge on any atom is 0.194 e. The number of ether oxygens (including phenoxy) is 1. The molecule has 0 spiro atoms. The minimum atomic E-state index is -0.183. The minimum absolute atomic E-state index is 0.169. The first-order valence-corrected chi connectivity index (χ1v) is 8.34. The molecule has 4 nitrogen and oxygen atoms in total. The topological polar surface area (TPSA) is 44.8 Å². The van der Waals surface area contributed by atoms with E-state index in [-0.39, 0.29) is 12.6 Å². The first-order valence-electron chi connectivity index (χ1n) is 8.34. The SMILES string of the molecule is O=C1CCCCCCC[C@H]2OO[C@H](CCCCCC1)O2. The van der Waals surface area contributed by atoms with Crippen molar-refractivity contribution >= 4 is 5.78 Å². The normalized spacial score (nSPS) is 31.9. The molecule has 116 valence electrons. The van der Waals surface area contributed by atoms with E-state index in [9.17, 15) is 4.79 Å². The van der Waals surface area contributed by atoms with Crippen LogP contribution in [0.25, 0.3) is 0 Å². The fraction of sp³-hybridized carbons (Fsp3) is 0.938. The molecule has 0 radical (unpaired) electrons. The smallest absolute Gasteiger partial charge is 0.194 e. The second-order valence-electron chi connectivity index (χ2n) is 5.99. The summed E-state index contributed by atoms with van der Waals surface area (Å²) in [7, 11) is 0. The molecule has 0 N–H and O–H groups in total. The molecule has 2 atom stereocenters. The van der Waals surface area contributed by atoms with Crippen LogP contribution in [-0.4, -0.2) is 18.4 Å². The second-order valence-corrected chi connectivity index (χ2v) is 5.99. The molecule has 2 heterocycles. The van der Waals surface area contributed by atoms with Crippen LogP contribution in [-0.2, 0) is 19.3 Å². The van der Waals surface area contributed by atoms with E-state index in [2.05, 4.69) is 0 Å². The maximum absolute atomic E-state index is 11.7. The molecule has 0 saturated carbocycles. The zero-order chi connectivity index (χ0) is 14.0. The van der Waals surface area contributed by atoms with Gasteiger partial charge in [-0.25, -0.2) is 9.78 Å². The molecule has 0 unspecified atom stereocenters. The van der Waals surface area contributed by atoms with Gasteiger partial charge in [0.15, 0.2) is 12.6 Å². The van der Waals surface area contributed by atoms with Gasteiger partial charge in [-0.05, 0) is 25.7 Å². The first-order chi connectivity index (χ1) is 9.84. The standard InChI is InChI=1S/C16H28O4/c17-14-10-6-2-1-3-8-12-15-18-16(20-19-15)13-9-5-4-7-11-14/h15-16H,1-13H2/t15-,16-/m1/s1. The zero-order valence-corrected chi connectivity index (χ0v) is 12.5. The molecule has 2 bridgehead atoms. The van der Waals surface area contributed by atoms with Crippen molar-refractivity contribution in [3.63, 3.8) is 0 Å². The van der Waals surface area contributed by atoms with Gasteiger partial charge in [0.25, 0.3) is 0 Å². The Morgan fingerprint density at radius 3 is 1.65 bits per heavy atom. The van der Waals surface area contributed by atoms with Crippen molar-refractivity contribution in [2.75, 3.05) is 0 Å². The molecule has 0 aromatic rings. The number of carbonyl (C=O) groups excluding carboxylic acids is 1. The highest BCUT2D eigenvalue weighted by Crippen LogP contribution is 2.23. The minimum Gasteiger partial charge on any atom is -0.318 e. The lowest BCUT2D eigenvalue weighted by molar-refractivity contribution is -0.298. The third kappa shape index (κ3) is 6.33. The van der Waals surface area contributed by atoms with Crippen molar-refractivity contribution in [1.29, 1.82) is 0 Å².